The molecule has 0 aliphatic carbocycles. The van der Waals surface area contributed by atoms with E-state index in [4.69, 9.17) is 4.74 Å². The molecule has 0 aliphatic rings. The Hall–Kier alpha value is -2.17. The quantitative estimate of drug-likeness (QED) is 0.657. The van der Waals surface area contributed by atoms with E-state index in [2.05, 4.69) is 44.7 Å². The lowest BCUT2D eigenvalue weighted by molar-refractivity contribution is 0.0600. The molecule has 152 valence electrons. The second kappa shape index (κ2) is 9.85. The van der Waals surface area contributed by atoms with Crippen LogP contribution in [0.4, 0.5) is 0 Å². The zero-order chi connectivity index (χ0) is 20.7. The molecule has 0 aliphatic heterocycles. The Bertz CT molecular complexity index is 749. The Morgan fingerprint density at radius 3 is 2.14 bits per heavy atom. The predicted octanol–water partition coefficient (Wildman–Crippen LogP) is 4.26. The maximum absolute atomic E-state index is 12.1. The normalized spacial score (nSPS) is 13.8. The monoisotopic (exact) mass is 383 g/mol. The molecule has 2 rings (SSSR count). The van der Waals surface area contributed by atoms with E-state index in [-0.39, 0.29) is 12.6 Å². The summed E-state index contributed by atoms with van der Waals surface area (Å²) in [6, 6.07) is 18.3. The predicted molar refractivity (Wildman–Crippen MR) is 114 cm³/mol. The second-order valence-electron chi connectivity index (χ2n) is 7.85. The average Bonchev–Trinajstić information content (AvgIpc) is 2.71. The van der Waals surface area contributed by atoms with Crippen molar-refractivity contribution in [2.24, 2.45) is 0 Å². The molecule has 1 N–H and O–H groups in total. The van der Waals surface area contributed by atoms with E-state index in [9.17, 15) is 9.90 Å². The van der Waals surface area contributed by atoms with Crippen LogP contribution in [0.2, 0.25) is 0 Å². The number of rotatable bonds is 9. The molecule has 1 atom stereocenters. The lowest BCUT2D eigenvalue weighted by atomic mass is 9.72. The lowest BCUT2D eigenvalue weighted by Gasteiger charge is -2.38. The van der Waals surface area contributed by atoms with Crippen LogP contribution in [0.1, 0.15) is 55.6 Å². The fourth-order valence-electron chi connectivity index (χ4n) is 3.97. The number of carbonyl (C=O) groups is 1. The summed E-state index contributed by atoms with van der Waals surface area (Å²) in [5, 5.41) is 10.6. The van der Waals surface area contributed by atoms with Gasteiger partial charge in [0.1, 0.15) is 0 Å². The van der Waals surface area contributed by atoms with Gasteiger partial charge in [-0.15, -0.1) is 0 Å². The molecular weight excluding hydrogens is 350 g/mol. The molecule has 0 spiro atoms. The van der Waals surface area contributed by atoms with Gasteiger partial charge >= 0.3 is 5.97 Å². The summed E-state index contributed by atoms with van der Waals surface area (Å²) in [6.45, 7) is 9.59. The van der Waals surface area contributed by atoms with Crippen LogP contribution >= 0.6 is 0 Å². The molecule has 0 aromatic heterocycles. The molecule has 0 heterocycles. The highest BCUT2D eigenvalue weighted by atomic mass is 16.5. The van der Waals surface area contributed by atoms with E-state index in [1.54, 1.807) is 6.07 Å². The third-order valence-electron chi connectivity index (χ3n) is 5.56. The van der Waals surface area contributed by atoms with Crippen LogP contribution in [0.3, 0.4) is 0 Å². The van der Waals surface area contributed by atoms with Crippen LogP contribution < -0.4 is 0 Å². The van der Waals surface area contributed by atoms with Gasteiger partial charge in [-0.05, 0) is 63.9 Å². The average molecular weight is 384 g/mol. The number of carbonyl (C=O) groups excluding carboxylic acids is 1. The molecular formula is C24H33NO3. The van der Waals surface area contributed by atoms with Gasteiger partial charge in [-0.25, -0.2) is 4.79 Å². The molecule has 0 fully saturated rings. The van der Waals surface area contributed by atoms with Crippen LogP contribution in [-0.2, 0) is 10.2 Å². The SMILES string of the molecule is COC(=O)c1cccc(C(CO)(CCN(C(C)C)C(C)C)c2ccccc2)c1. The third-order valence-corrected chi connectivity index (χ3v) is 5.56. The van der Waals surface area contributed by atoms with Gasteiger partial charge in [-0.2, -0.15) is 0 Å². The molecule has 0 amide bonds. The fraction of sp³-hybridized carbons (Fsp3) is 0.458. The highest BCUT2D eigenvalue weighted by Gasteiger charge is 2.35. The summed E-state index contributed by atoms with van der Waals surface area (Å²) in [4.78, 5) is 14.5. The summed E-state index contributed by atoms with van der Waals surface area (Å²) in [7, 11) is 1.38. The zero-order valence-corrected chi connectivity index (χ0v) is 17.7. The van der Waals surface area contributed by atoms with Crippen LogP contribution in [0.15, 0.2) is 54.6 Å². The first-order chi connectivity index (χ1) is 13.4. The second-order valence-corrected chi connectivity index (χ2v) is 7.85. The van der Waals surface area contributed by atoms with Gasteiger partial charge in [0.15, 0.2) is 0 Å². The lowest BCUT2D eigenvalue weighted by Crippen LogP contribution is -2.42. The minimum atomic E-state index is -0.590. The number of aliphatic hydroxyl groups excluding tert-OH is 1. The first-order valence-electron chi connectivity index (χ1n) is 9.96. The molecule has 0 saturated heterocycles. The number of esters is 1. The summed E-state index contributed by atoms with van der Waals surface area (Å²) in [6.07, 6.45) is 0.745. The molecule has 1 unspecified atom stereocenters. The van der Waals surface area contributed by atoms with Crippen molar-refractivity contribution in [2.45, 2.75) is 51.6 Å². The molecule has 28 heavy (non-hydrogen) atoms. The van der Waals surface area contributed by atoms with Crippen molar-refractivity contribution in [2.75, 3.05) is 20.3 Å². The van der Waals surface area contributed by atoms with Gasteiger partial charge in [-0.1, -0.05) is 42.5 Å². The largest absolute Gasteiger partial charge is 0.465 e. The number of ether oxygens (including phenoxy) is 1. The van der Waals surface area contributed by atoms with E-state index in [1.165, 1.54) is 7.11 Å². The minimum Gasteiger partial charge on any atom is -0.465 e. The number of nitrogens with zero attached hydrogens (tertiary/aromatic N) is 1. The molecule has 4 nitrogen and oxygen atoms in total. The molecule has 2 aromatic carbocycles. The Labute approximate surface area is 169 Å². The van der Waals surface area contributed by atoms with Gasteiger partial charge in [0.2, 0.25) is 0 Å². The van der Waals surface area contributed by atoms with E-state index in [0.29, 0.717) is 17.6 Å². The first-order valence-corrected chi connectivity index (χ1v) is 9.96. The van der Waals surface area contributed by atoms with Crippen LogP contribution in [0.25, 0.3) is 0 Å². The molecule has 2 aromatic rings. The molecule has 4 heteroatoms. The number of methoxy groups -OCH3 is 1. The van der Waals surface area contributed by atoms with Crippen molar-refractivity contribution in [3.05, 3.63) is 71.3 Å². The summed E-state index contributed by atoms with van der Waals surface area (Å²) in [5.41, 5.74) is 1.88. The van der Waals surface area contributed by atoms with Gasteiger partial charge in [0.25, 0.3) is 0 Å². The van der Waals surface area contributed by atoms with Crippen molar-refractivity contribution in [1.82, 2.24) is 4.90 Å². The van der Waals surface area contributed by atoms with Gasteiger partial charge in [0, 0.05) is 17.5 Å². The first kappa shape index (κ1) is 22.1. The van der Waals surface area contributed by atoms with Crippen molar-refractivity contribution >= 4 is 5.97 Å². The Morgan fingerprint density at radius 1 is 1.00 bits per heavy atom. The van der Waals surface area contributed by atoms with Crippen molar-refractivity contribution in [3.63, 3.8) is 0 Å². The van der Waals surface area contributed by atoms with Crippen molar-refractivity contribution < 1.29 is 14.6 Å². The highest BCUT2D eigenvalue weighted by Crippen LogP contribution is 2.36. The summed E-state index contributed by atoms with van der Waals surface area (Å²) < 4.78 is 4.89. The van der Waals surface area contributed by atoms with E-state index in [0.717, 1.165) is 24.1 Å². The number of hydrogen-bond acceptors (Lipinski definition) is 4. The smallest absolute Gasteiger partial charge is 0.337 e. The fourth-order valence-corrected chi connectivity index (χ4v) is 3.97. The number of benzene rings is 2. The topological polar surface area (TPSA) is 49.8 Å². The Kier molecular flexibility index (Phi) is 7.78. The van der Waals surface area contributed by atoms with Crippen LogP contribution in [0, 0.1) is 0 Å². The number of hydrogen-bond donors (Lipinski definition) is 1. The molecule has 0 saturated carbocycles. The van der Waals surface area contributed by atoms with Gasteiger partial charge in [0.05, 0.1) is 19.3 Å². The Balaban J connectivity index is 2.52. The van der Waals surface area contributed by atoms with Crippen molar-refractivity contribution in [1.29, 1.82) is 0 Å². The maximum atomic E-state index is 12.1. The van der Waals surface area contributed by atoms with Crippen molar-refractivity contribution in [3.8, 4) is 0 Å². The van der Waals surface area contributed by atoms with Gasteiger partial charge < -0.3 is 9.84 Å². The number of aliphatic hydroxyl groups is 1. The van der Waals surface area contributed by atoms with Gasteiger partial charge in [-0.3, -0.25) is 4.90 Å². The van der Waals surface area contributed by atoms with Crippen LogP contribution in [0.5, 0.6) is 0 Å². The highest BCUT2D eigenvalue weighted by molar-refractivity contribution is 5.89. The molecule has 0 radical (unpaired) electrons. The van der Waals surface area contributed by atoms with E-state index >= 15 is 0 Å². The standard InChI is InChI=1S/C24H33NO3/c1-18(2)25(19(3)4)15-14-24(17-26,21-11-7-6-8-12-21)22-13-9-10-20(16-22)23(27)28-5/h6-13,16,18-19,26H,14-15,17H2,1-5H3. The van der Waals surface area contributed by atoms with E-state index < -0.39 is 5.41 Å². The van der Waals surface area contributed by atoms with Crippen LogP contribution in [-0.4, -0.2) is 48.3 Å². The minimum absolute atomic E-state index is 0.0360. The third kappa shape index (κ3) is 4.81. The summed E-state index contributed by atoms with van der Waals surface area (Å²) in [5.74, 6) is -0.368. The van der Waals surface area contributed by atoms with E-state index in [1.807, 2.05) is 36.4 Å². The summed E-state index contributed by atoms with van der Waals surface area (Å²) >= 11 is 0. The Morgan fingerprint density at radius 2 is 1.61 bits per heavy atom. The maximum Gasteiger partial charge on any atom is 0.337 e. The zero-order valence-electron chi connectivity index (χ0n) is 17.7. The molecule has 0 bridgehead atoms.